The first kappa shape index (κ1) is 27.6. The van der Waals surface area contributed by atoms with Crippen molar-refractivity contribution in [3.8, 4) is 11.5 Å². The number of aliphatic hydroxyl groups is 2. The molecular weight excluding hydrogens is 504 g/mol. The lowest BCUT2D eigenvalue weighted by atomic mass is 9.76. The number of carbonyl (C=O) groups excluding carboxylic acids is 3. The Morgan fingerprint density at radius 1 is 1.18 bits per heavy atom. The molecule has 0 radical (unpaired) electrons. The van der Waals surface area contributed by atoms with E-state index in [1.54, 1.807) is 18.2 Å². The van der Waals surface area contributed by atoms with Gasteiger partial charge in [0, 0.05) is 35.9 Å². The van der Waals surface area contributed by atoms with Gasteiger partial charge in [-0.15, -0.1) is 0 Å². The Hall–Kier alpha value is -2.95. The summed E-state index contributed by atoms with van der Waals surface area (Å²) in [6, 6.07) is 2.35. The van der Waals surface area contributed by atoms with Crippen LogP contribution in [0.1, 0.15) is 66.8 Å². The molecule has 1 unspecified atom stereocenters. The molecule has 2 aliphatic carbocycles. The van der Waals surface area contributed by atoms with Gasteiger partial charge in [0.05, 0.1) is 38.2 Å². The van der Waals surface area contributed by atoms with Crippen LogP contribution < -0.4 is 14.8 Å². The molecule has 0 bridgehead atoms. The van der Waals surface area contributed by atoms with Gasteiger partial charge in [-0.1, -0.05) is 25.7 Å². The fourth-order valence-corrected chi connectivity index (χ4v) is 6.58. The van der Waals surface area contributed by atoms with Gasteiger partial charge in [-0.3, -0.25) is 14.4 Å². The maximum atomic E-state index is 14.0. The standard InChI is InChI=1S/C29H38N2O8/c1-37-23-13-17(15-33)12-20-24-21(28(35)30-9-10-32)14-22(25(34)27(24)39-26(20)23)31(19-6-4-2-3-5-7-19)29(36)18-8-11-38-16-18/h12-15,18-19,22,24-25,27,32,34H,2-11,16H2,1H3,(H,30,35)/t18?,22-,24+,25+,27+/m1/s1. The topological polar surface area (TPSA) is 135 Å². The lowest BCUT2D eigenvalue weighted by Crippen LogP contribution is -2.59. The summed E-state index contributed by atoms with van der Waals surface area (Å²) in [4.78, 5) is 41.0. The number of hydrogen-bond acceptors (Lipinski definition) is 8. The van der Waals surface area contributed by atoms with Crippen molar-refractivity contribution < 1.29 is 38.8 Å². The third-order valence-electron chi connectivity index (χ3n) is 8.48. The molecule has 0 spiro atoms. The van der Waals surface area contributed by atoms with E-state index in [4.69, 9.17) is 14.2 Å². The lowest BCUT2D eigenvalue weighted by molar-refractivity contribution is -0.145. The first-order valence-electron chi connectivity index (χ1n) is 14.0. The molecule has 2 amide bonds. The number of amides is 2. The number of aliphatic hydroxyl groups excluding tert-OH is 2. The first-order chi connectivity index (χ1) is 19.0. The predicted molar refractivity (Wildman–Crippen MR) is 141 cm³/mol. The van der Waals surface area contributed by atoms with Crippen LogP contribution in [0.5, 0.6) is 11.5 Å². The SMILES string of the molecule is COc1cc(C=O)cc2c1O[C@@H]1[C@@H](O)[C@H](N(C(=O)C3CCOC3)C3CCCCCC3)C=C(C(=O)NCCO)[C@H]21. The van der Waals surface area contributed by atoms with Crippen molar-refractivity contribution in [2.45, 2.75) is 75.2 Å². The van der Waals surface area contributed by atoms with Crippen LogP contribution in [0.2, 0.25) is 0 Å². The van der Waals surface area contributed by atoms with Gasteiger partial charge < -0.3 is 34.6 Å². The number of aldehydes is 1. The minimum Gasteiger partial charge on any atom is -0.493 e. The molecule has 39 heavy (non-hydrogen) atoms. The van der Waals surface area contributed by atoms with Crippen LogP contribution in [0.25, 0.3) is 0 Å². The molecule has 0 aromatic heterocycles. The van der Waals surface area contributed by atoms with Crippen LogP contribution in [0.4, 0.5) is 0 Å². The average Bonchev–Trinajstić information content (AvgIpc) is 3.55. The number of methoxy groups -OCH3 is 1. The van der Waals surface area contributed by atoms with Gasteiger partial charge in [0.15, 0.2) is 11.5 Å². The Kier molecular flexibility index (Phi) is 8.54. The Bertz CT molecular complexity index is 1110. The van der Waals surface area contributed by atoms with Crippen molar-refractivity contribution in [2.24, 2.45) is 5.92 Å². The normalized spacial score (nSPS) is 28.4. The lowest BCUT2D eigenvalue weighted by Gasteiger charge is -2.44. The first-order valence-corrected chi connectivity index (χ1v) is 14.0. The number of nitrogens with zero attached hydrogens (tertiary/aromatic N) is 1. The number of benzene rings is 1. The Labute approximate surface area is 228 Å². The van der Waals surface area contributed by atoms with E-state index in [0.717, 1.165) is 38.5 Å². The summed E-state index contributed by atoms with van der Waals surface area (Å²) in [5.74, 6) is -0.752. The van der Waals surface area contributed by atoms with Crippen molar-refractivity contribution in [1.82, 2.24) is 10.2 Å². The van der Waals surface area contributed by atoms with E-state index in [-0.39, 0.29) is 31.0 Å². The molecule has 10 heteroatoms. The highest BCUT2D eigenvalue weighted by Gasteiger charge is 2.52. The molecule has 1 saturated heterocycles. The van der Waals surface area contributed by atoms with E-state index >= 15 is 0 Å². The second-order valence-corrected chi connectivity index (χ2v) is 10.9. The van der Waals surface area contributed by atoms with Crippen molar-refractivity contribution in [2.75, 3.05) is 33.5 Å². The van der Waals surface area contributed by atoms with Gasteiger partial charge in [-0.05, 0) is 37.5 Å². The van der Waals surface area contributed by atoms with E-state index in [2.05, 4.69) is 5.32 Å². The smallest absolute Gasteiger partial charge is 0.247 e. The maximum absolute atomic E-state index is 14.0. The molecule has 212 valence electrons. The molecule has 4 aliphatic rings. The second-order valence-electron chi connectivity index (χ2n) is 10.9. The molecule has 5 rings (SSSR count). The quantitative estimate of drug-likeness (QED) is 0.334. The minimum atomic E-state index is -1.13. The van der Waals surface area contributed by atoms with Gasteiger partial charge in [-0.25, -0.2) is 0 Å². The molecule has 2 fully saturated rings. The highest BCUT2D eigenvalue weighted by atomic mass is 16.5. The monoisotopic (exact) mass is 542 g/mol. The molecule has 1 saturated carbocycles. The summed E-state index contributed by atoms with van der Waals surface area (Å²) in [6.07, 6.45) is 6.87. The second kappa shape index (κ2) is 12.1. The van der Waals surface area contributed by atoms with Gasteiger partial charge in [-0.2, -0.15) is 0 Å². The van der Waals surface area contributed by atoms with Crippen LogP contribution in [0.3, 0.4) is 0 Å². The van der Waals surface area contributed by atoms with Gasteiger partial charge in [0.1, 0.15) is 18.5 Å². The fourth-order valence-electron chi connectivity index (χ4n) is 6.58. The average molecular weight is 543 g/mol. The highest BCUT2D eigenvalue weighted by Crippen LogP contribution is 2.51. The van der Waals surface area contributed by atoms with E-state index < -0.39 is 30.1 Å². The van der Waals surface area contributed by atoms with Gasteiger partial charge >= 0.3 is 0 Å². The molecule has 1 aromatic rings. The molecule has 2 aliphatic heterocycles. The zero-order valence-corrected chi connectivity index (χ0v) is 22.3. The summed E-state index contributed by atoms with van der Waals surface area (Å²) in [5.41, 5.74) is 1.26. The molecule has 3 N–H and O–H groups in total. The Morgan fingerprint density at radius 3 is 2.59 bits per heavy atom. The molecule has 2 heterocycles. The Balaban J connectivity index is 1.60. The van der Waals surface area contributed by atoms with Crippen LogP contribution in [-0.4, -0.2) is 91.0 Å². The third-order valence-corrected chi connectivity index (χ3v) is 8.48. The van der Waals surface area contributed by atoms with Crippen molar-refractivity contribution in [1.29, 1.82) is 0 Å². The number of hydrogen-bond donors (Lipinski definition) is 3. The van der Waals surface area contributed by atoms with Crippen molar-refractivity contribution in [3.63, 3.8) is 0 Å². The van der Waals surface area contributed by atoms with Crippen LogP contribution in [0, 0.1) is 5.92 Å². The number of nitrogens with one attached hydrogen (secondary N) is 1. The summed E-state index contributed by atoms with van der Waals surface area (Å²) in [6.45, 7) is 0.688. The number of rotatable bonds is 8. The van der Waals surface area contributed by atoms with E-state index in [1.165, 1.54) is 7.11 Å². The zero-order chi connectivity index (χ0) is 27.5. The summed E-state index contributed by atoms with van der Waals surface area (Å²) in [7, 11) is 1.47. The van der Waals surface area contributed by atoms with Crippen LogP contribution in [-0.2, 0) is 14.3 Å². The molecule has 10 nitrogen and oxygen atoms in total. The van der Waals surface area contributed by atoms with Gasteiger partial charge in [0.2, 0.25) is 11.8 Å². The van der Waals surface area contributed by atoms with Crippen molar-refractivity contribution >= 4 is 18.1 Å². The van der Waals surface area contributed by atoms with Crippen LogP contribution >= 0.6 is 0 Å². The third kappa shape index (κ3) is 5.29. The zero-order valence-electron chi connectivity index (χ0n) is 22.3. The maximum Gasteiger partial charge on any atom is 0.247 e. The summed E-state index contributed by atoms with van der Waals surface area (Å²) in [5, 5.41) is 23.9. The number of ether oxygens (including phenoxy) is 3. The van der Waals surface area contributed by atoms with E-state index in [1.807, 2.05) is 4.90 Å². The highest BCUT2D eigenvalue weighted by molar-refractivity contribution is 5.96. The molecule has 1 aromatic carbocycles. The summed E-state index contributed by atoms with van der Waals surface area (Å²) >= 11 is 0. The van der Waals surface area contributed by atoms with Crippen molar-refractivity contribution in [3.05, 3.63) is 34.9 Å². The van der Waals surface area contributed by atoms with E-state index in [9.17, 15) is 24.6 Å². The fraction of sp³-hybridized carbons (Fsp3) is 0.621. The Morgan fingerprint density at radius 2 is 1.95 bits per heavy atom. The van der Waals surface area contributed by atoms with E-state index in [0.29, 0.717) is 54.1 Å². The largest absolute Gasteiger partial charge is 0.493 e. The number of carbonyl (C=O) groups is 3. The predicted octanol–water partition coefficient (Wildman–Crippen LogP) is 1.72. The molecular formula is C29H38N2O8. The van der Waals surface area contributed by atoms with Crippen LogP contribution in [0.15, 0.2) is 23.8 Å². The minimum absolute atomic E-state index is 0.0525. The molecule has 5 atom stereocenters. The number of fused-ring (bicyclic) bond motifs is 3. The van der Waals surface area contributed by atoms with Gasteiger partial charge in [0.25, 0.3) is 0 Å². The summed E-state index contributed by atoms with van der Waals surface area (Å²) < 4.78 is 17.3.